The average molecular weight is 222 g/mol. The quantitative estimate of drug-likeness (QED) is 0.667. The van der Waals surface area contributed by atoms with Crippen LogP contribution in [-0.4, -0.2) is 10.7 Å². The molecule has 0 bridgehead atoms. The maximum Gasteiger partial charge on any atom is 0.0620 e. The Balaban J connectivity index is 2.22. The third-order valence-electron chi connectivity index (χ3n) is 5.33. The summed E-state index contributed by atoms with van der Waals surface area (Å²) in [5.41, 5.74) is 1.52. The molecule has 0 radical (unpaired) electrons. The van der Waals surface area contributed by atoms with Crippen molar-refractivity contribution < 1.29 is 5.11 Å². The van der Waals surface area contributed by atoms with Gasteiger partial charge in [-0.15, -0.1) is 0 Å². The zero-order valence-corrected chi connectivity index (χ0v) is 11.2. The van der Waals surface area contributed by atoms with Crippen LogP contribution in [-0.2, 0) is 0 Å². The summed E-state index contributed by atoms with van der Waals surface area (Å²) >= 11 is 0. The Morgan fingerprint density at radius 1 is 1.38 bits per heavy atom. The van der Waals surface area contributed by atoms with Crippen LogP contribution in [0.4, 0.5) is 0 Å². The van der Waals surface area contributed by atoms with Crippen molar-refractivity contribution in [3.8, 4) is 0 Å². The van der Waals surface area contributed by atoms with E-state index in [1.165, 1.54) is 32.1 Å². The molecule has 1 spiro atoms. The lowest BCUT2D eigenvalue weighted by atomic mass is 9.64. The Morgan fingerprint density at radius 3 is 2.56 bits per heavy atom. The minimum absolute atomic E-state index is 0.420. The van der Waals surface area contributed by atoms with E-state index in [9.17, 15) is 5.11 Å². The normalized spacial score (nSPS) is 40.2. The van der Waals surface area contributed by atoms with Crippen LogP contribution in [0, 0.1) is 17.3 Å². The molecule has 2 aliphatic rings. The molecule has 92 valence electrons. The summed E-state index contributed by atoms with van der Waals surface area (Å²) in [4.78, 5) is 0. The molecule has 0 aromatic carbocycles. The summed E-state index contributed by atoms with van der Waals surface area (Å²) in [5, 5.41) is 10.2. The van der Waals surface area contributed by atoms with E-state index in [-0.39, 0.29) is 0 Å². The first-order chi connectivity index (χ1) is 7.36. The highest BCUT2D eigenvalue weighted by atomic mass is 16.3. The van der Waals surface area contributed by atoms with E-state index in [4.69, 9.17) is 0 Å². The molecule has 2 aliphatic carbocycles. The molecule has 1 unspecified atom stereocenters. The summed E-state index contributed by atoms with van der Waals surface area (Å²) in [6.45, 7) is 8.66. The largest absolute Gasteiger partial charge is 0.390 e. The second kappa shape index (κ2) is 3.87. The van der Waals surface area contributed by atoms with Gasteiger partial charge in [-0.3, -0.25) is 0 Å². The van der Waals surface area contributed by atoms with E-state index < -0.39 is 5.60 Å². The van der Waals surface area contributed by atoms with Gasteiger partial charge in [-0.05, 0) is 70.1 Å². The highest BCUT2D eigenvalue weighted by Crippen LogP contribution is 2.56. The predicted molar refractivity (Wildman–Crippen MR) is 68.2 cm³/mol. The lowest BCUT2D eigenvalue weighted by Crippen LogP contribution is -2.34. The Labute approximate surface area is 99.9 Å². The fourth-order valence-electron chi connectivity index (χ4n) is 3.90. The second-order valence-corrected chi connectivity index (χ2v) is 6.62. The van der Waals surface area contributed by atoms with Gasteiger partial charge in [-0.25, -0.2) is 0 Å². The number of aliphatic hydroxyl groups is 1. The van der Waals surface area contributed by atoms with E-state index in [1.807, 2.05) is 13.8 Å². The molecule has 1 heteroatoms. The van der Waals surface area contributed by atoms with E-state index in [2.05, 4.69) is 19.9 Å². The van der Waals surface area contributed by atoms with Crippen molar-refractivity contribution in [2.45, 2.75) is 65.4 Å². The molecule has 0 amide bonds. The van der Waals surface area contributed by atoms with Crippen molar-refractivity contribution in [3.05, 3.63) is 11.6 Å². The molecule has 1 saturated carbocycles. The SMILES string of the molecule is CC1=CCCC(C)[C@]12CC[C@@H](C(C)(C)O)C2. The van der Waals surface area contributed by atoms with Crippen molar-refractivity contribution in [1.82, 2.24) is 0 Å². The average Bonchev–Trinajstić information content (AvgIpc) is 2.60. The topological polar surface area (TPSA) is 20.2 Å². The van der Waals surface area contributed by atoms with Crippen LogP contribution in [0.3, 0.4) is 0 Å². The molecule has 0 saturated heterocycles. The monoisotopic (exact) mass is 222 g/mol. The smallest absolute Gasteiger partial charge is 0.0620 e. The van der Waals surface area contributed by atoms with Crippen molar-refractivity contribution in [1.29, 1.82) is 0 Å². The molecule has 0 aromatic heterocycles. The molecule has 1 fully saturated rings. The minimum atomic E-state index is -0.499. The summed E-state index contributed by atoms with van der Waals surface area (Å²) in [5.74, 6) is 1.28. The van der Waals surface area contributed by atoms with Gasteiger partial charge >= 0.3 is 0 Å². The Morgan fingerprint density at radius 2 is 2.06 bits per heavy atom. The van der Waals surface area contributed by atoms with E-state index in [1.54, 1.807) is 5.57 Å². The first-order valence-corrected chi connectivity index (χ1v) is 6.76. The number of hydrogen-bond acceptors (Lipinski definition) is 1. The Bertz CT molecular complexity index is 297. The van der Waals surface area contributed by atoms with Crippen LogP contribution in [0.5, 0.6) is 0 Å². The van der Waals surface area contributed by atoms with E-state index in [0.717, 1.165) is 5.92 Å². The van der Waals surface area contributed by atoms with Gasteiger partial charge < -0.3 is 5.11 Å². The third-order valence-corrected chi connectivity index (χ3v) is 5.33. The van der Waals surface area contributed by atoms with E-state index >= 15 is 0 Å². The molecule has 3 atom stereocenters. The maximum absolute atomic E-state index is 10.2. The summed E-state index contributed by atoms with van der Waals surface area (Å²) in [6, 6.07) is 0. The molecule has 0 aliphatic heterocycles. The maximum atomic E-state index is 10.2. The Hall–Kier alpha value is -0.300. The molecular formula is C15H26O. The van der Waals surface area contributed by atoms with Gasteiger partial charge in [-0.1, -0.05) is 18.6 Å². The van der Waals surface area contributed by atoms with Gasteiger partial charge in [0.1, 0.15) is 0 Å². The molecule has 0 aromatic rings. The zero-order chi connectivity index (χ0) is 12.0. The van der Waals surface area contributed by atoms with Gasteiger partial charge in [0.2, 0.25) is 0 Å². The van der Waals surface area contributed by atoms with Crippen molar-refractivity contribution >= 4 is 0 Å². The second-order valence-electron chi connectivity index (χ2n) is 6.62. The summed E-state index contributed by atoms with van der Waals surface area (Å²) in [7, 11) is 0. The summed E-state index contributed by atoms with van der Waals surface area (Å²) in [6.07, 6.45) is 8.69. The lowest BCUT2D eigenvalue weighted by molar-refractivity contribution is 0.0128. The number of rotatable bonds is 1. The summed E-state index contributed by atoms with van der Waals surface area (Å²) < 4.78 is 0. The van der Waals surface area contributed by atoms with Crippen LogP contribution < -0.4 is 0 Å². The molecule has 1 N–H and O–H groups in total. The van der Waals surface area contributed by atoms with Crippen molar-refractivity contribution in [2.24, 2.45) is 17.3 Å². The fraction of sp³-hybridized carbons (Fsp3) is 0.867. The highest BCUT2D eigenvalue weighted by Gasteiger charge is 2.48. The molecule has 2 rings (SSSR count). The fourth-order valence-corrected chi connectivity index (χ4v) is 3.90. The number of hydrogen-bond donors (Lipinski definition) is 1. The van der Waals surface area contributed by atoms with Crippen LogP contribution in [0.15, 0.2) is 11.6 Å². The van der Waals surface area contributed by atoms with Gasteiger partial charge in [0.05, 0.1) is 5.60 Å². The molecule has 0 heterocycles. The zero-order valence-electron chi connectivity index (χ0n) is 11.2. The van der Waals surface area contributed by atoms with Crippen LogP contribution >= 0.6 is 0 Å². The van der Waals surface area contributed by atoms with E-state index in [0.29, 0.717) is 11.3 Å². The van der Waals surface area contributed by atoms with Gasteiger partial charge in [-0.2, -0.15) is 0 Å². The van der Waals surface area contributed by atoms with Gasteiger partial charge in [0, 0.05) is 0 Å². The van der Waals surface area contributed by atoms with Crippen molar-refractivity contribution in [3.63, 3.8) is 0 Å². The minimum Gasteiger partial charge on any atom is -0.390 e. The molecular weight excluding hydrogens is 196 g/mol. The van der Waals surface area contributed by atoms with Crippen LogP contribution in [0.1, 0.15) is 59.8 Å². The first kappa shape index (κ1) is 12.2. The first-order valence-electron chi connectivity index (χ1n) is 6.76. The standard InChI is InChI=1S/C15H26O/c1-11-6-5-7-12(2)15(11)9-8-13(10-15)14(3,4)16/h6,12-13,16H,5,7-10H2,1-4H3/t12?,13-,15+/m1/s1. The Kier molecular flexibility index (Phi) is 2.94. The van der Waals surface area contributed by atoms with Crippen LogP contribution in [0.25, 0.3) is 0 Å². The van der Waals surface area contributed by atoms with Gasteiger partial charge in [0.15, 0.2) is 0 Å². The van der Waals surface area contributed by atoms with Crippen molar-refractivity contribution in [2.75, 3.05) is 0 Å². The third kappa shape index (κ3) is 1.84. The predicted octanol–water partition coefficient (Wildman–Crippen LogP) is 3.92. The van der Waals surface area contributed by atoms with Gasteiger partial charge in [0.25, 0.3) is 0 Å². The lowest BCUT2D eigenvalue weighted by Gasteiger charge is -2.41. The molecule has 16 heavy (non-hydrogen) atoms. The van der Waals surface area contributed by atoms with Crippen LogP contribution in [0.2, 0.25) is 0 Å². The number of allylic oxidation sites excluding steroid dienone is 2. The molecule has 1 nitrogen and oxygen atoms in total. The highest BCUT2D eigenvalue weighted by molar-refractivity contribution is 5.20.